The van der Waals surface area contributed by atoms with Crippen LogP contribution < -0.4 is 5.73 Å². The Balaban J connectivity index is 3.13. The summed E-state index contributed by atoms with van der Waals surface area (Å²) in [4.78, 5) is 22.7. The number of aryl methyl sites for hydroxylation is 1. The minimum atomic E-state index is -3.42. The molecule has 0 bridgehead atoms. The summed E-state index contributed by atoms with van der Waals surface area (Å²) >= 11 is 0. The smallest absolute Gasteiger partial charge is 0.339 e. The van der Waals surface area contributed by atoms with Crippen molar-refractivity contribution >= 4 is 21.7 Å². The third-order valence-electron chi connectivity index (χ3n) is 2.54. The van der Waals surface area contributed by atoms with Gasteiger partial charge in [0.1, 0.15) is 0 Å². The molecular formula is C12H15NO5S. The number of primary amides is 1. The van der Waals surface area contributed by atoms with Crippen LogP contribution in [0, 0.1) is 6.92 Å². The van der Waals surface area contributed by atoms with E-state index in [4.69, 9.17) is 10.5 Å². The molecule has 7 heteroatoms. The monoisotopic (exact) mass is 285 g/mol. The zero-order valence-corrected chi connectivity index (χ0v) is 11.7. The van der Waals surface area contributed by atoms with Gasteiger partial charge >= 0.3 is 5.97 Å². The number of hydrogen-bond donors (Lipinski definition) is 1. The molecule has 0 aromatic heterocycles. The molecular weight excluding hydrogens is 270 g/mol. The molecule has 104 valence electrons. The third-order valence-corrected chi connectivity index (χ3v) is 3.65. The van der Waals surface area contributed by atoms with Crippen LogP contribution in [0.15, 0.2) is 23.1 Å². The van der Waals surface area contributed by atoms with Crippen LogP contribution in [0.1, 0.15) is 22.8 Å². The molecule has 0 aliphatic heterocycles. The minimum Gasteiger partial charge on any atom is -0.449 e. The number of ether oxygens (including phenoxy) is 1. The van der Waals surface area contributed by atoms with Crippen LogP contribution in [0.25, 0.3) is 0 Å². The van der Waals surface area contributed by atoms with Gasteiger partial charge in [-0.15, -0.1) is 0 Å². The SMILES string of the molecule is Cc1ccc(S(C)(=O)=O)cc1C(=O)O[C@@H](C)C(N)=O. The first-order chi connectivity index (χ1) is 8.62. The highest BCUT2D eigenvalue weighted by Gasteiger charge is 2.19. The molecule has 0 fully saturated rings. The van der Waals surface area contributed by atoms with Gasteiger partial charge in [-0.2, -0.15) is 0 Å². The van der Waals surface area contributed by atoms with Gasteiger partial charge in [0.15, 0.2) is 15.9 Å². The number of benzene rings is 1. The molecule has 1 amide bonds. The van der Waals surface area contributed by atoms with E-state index < -0.39 is 27.8 Å². The maximum atomic E-state index is 11.8. The first kappa shape index (κ1) is 15.2. The Morgan fingerprint density at radius 3 is 2.37 bits per heavy atom. The number of hydrogen-bond acceptors (Lipinski definition) is 5. The van der Waals surface area contributed by atoms with E-state index in [9.17, 15) is 18.0 Å². The minimum absolute atomic E-state index is 0.0109. The van der Waals surface area contributed by atoms with E-state index in [0.29, 0.717) is 5.56 Å². The standard InChI is InChI=1S/C12H15NO5S/c1-7-4-5-9(19(3,16)17)6-10(7)12(15)18-8(2)11(13)14/h4-6,8H,1-3H3,(H2,13,14)/t8-/m0/s1. The Hall–Kier alpha value is -1.89. The van der Waals surface area contributed by atoms with Crippen molar-refractivity contribution in [2.24, 2.45) is 5.73 Å². The molecule has 0 saturated carbocycles. The zero-order valence-electron chi connectivity index (χ0n) is 10.8. The van der Waals surface area contributed by atoms with Crippen LogP contribution in [0.3, 0.4) is 0 Å². The van der Waals surface area contributed by atoms with Gasteiger partial charge in [-0.3, -0.25) is 4.79 Å². The molecule has 1 rings (SSSR count). The molecule has 6 nitrogen and oxygen atoms in total. The molecule has 0 aliphatic carbocycles. The number of carbonyl (C=O) groups excluding carboxylic acids is 2. The highest BCUT2D eigenvalue weighted by atomic mass is 32.2. The predicted molar refractivity (Wildman–Crippen MR) is 68.4 cm³/mol. The number of esters is 1. The van der Waals surface area contributed by atoms with Gasteiger partial charge < -0.3 is 10.5 Å². The van der Waals surface area contributed by atoms with Crippen molar-refractivity contribution in [3.8, 4) is 0 Å². The fraction of sp³-hybridized carbons (Fsp3) is 0.333. The molecule has 19 heavy (non-hydrogen) atoms. The lowest BCUT2D eigenvalue weighted by Gasteiger charge is -2.11. The average molecular weight is 285 g/mol. The van der Waals surface area contributed by atoms with Crippen molar-refractivity contribution in [2.45, 2.75) is 24.8 Å². The lowest BCUT2D eigenvalue weighted by Crippen LogP contribution is -2.30. The van der Waals surface area contributed by atoms with Crippen molar-refractivity contribution in [1.29, 1.82) is 0 Å². The molecule has 0 saturated heterocycles. The second-order valence-corrected chi connectivity index (χ2v) is 6.21. The highest BCUT2D eigenvalue weighted by Crippen LogP contribution is 2.17. The van der Waals surface area contributed by atoms with E-state index in [-0.39, 0.29) is 10.5 Å². The van der Waals surface area contributed by atoms with E-state index in [1.165, 1.54) is 25.1 Å². The fourth-order valence-corrected chi connectivity index (χ4v) is 1.98. The van der Waals surface area contributed by atoms with E-state index in [0.717, 1.165) is 6.26 Å². The van der Waals surface area contributed by atoms with Gasteiger partial charge in [-0.25, -0.2) is 13.2 Å². The molecule has 0 aliphatic rings. The van der Waals surface area contributed by atoms with Crippen LogP contribution >= 0.6 is 0 Å². The summed E-state index contributed by atoms with van der Waals surface area (Å²) in [7, 11) is -3.42. The summed E-state index contributed by atoms with van der Waals surface area (Å²) in [5.74, 6) is -1.56. The molecule has 0 heterocycles. The van der Waals surface area contributed by atoms with E-state index >= 15 is 0 Å². The van der Waals surface area contributed by atoms with Gasteiger partial charge in [0.2, 0.25) is 0 Å². The molecule has 1 aromatic rings. The Morgan fingerprint density at radius 1 is 1.32 bits per heavy atom. The Kier molecular flexibility index (Phi) is 4.31. The summed E-state index contributed by atoms with van der Waals surface area (Å²) < 4.78 is 27.7. The van der Waals surface area contributed by atoms with Crippen molar-refractivity contribution < 1.29 is 22.7 Å². The summed E-state index contributed by atoms with van der Waals surface area (Å²) in [6.45, 7) is 2.98. The molecule has 0 unspecified atom stereocenters. The van der Waals surface area contributed by atoms with Crippen LogP contribution in [-0.2, 0) is 19.4 Å². The van der Waals surface area contributed by atoms with Crippen molar-refractivity contribution in [3.63, 3.8) is 0 Å². The second-order valence-electron chi connectivity index (χ2n) is 4.20. The molecule has 0 radical (unpaired) electrons. The molecule has 1 atom stereocenters. The van der Waals surface area contributed by atoms with Crippen molar-refractivity contribution in [3.05, 3.63) is 29.3 Å². The van der Waals surface area contributed by atoms with Crippen LogP contribution in [-0.4, -0.2) is 32.7 Å². The molecule has 1 aromatic carbocycles. The van der Waals surface area contributed by atoms with Crippen LogP contribution in [0.5, 0.6) is 0 Å². The van der Waals surface area contributed by atoms with Crippen LogP contribution in [0.2, 0.25) is 0 Å². The number of sulfone groups is 1. The normalized spacial score (nSPS) is 12.8. The van der Waals surface area contributed by atoms with Gasteiger partial charge in [-0.05, 0) is 31.5 Å². The van der Waals surface area contributed by atoms with E-state index in [2.05, 4.69) is 0 Å². The molecule has 0 spiro atoms. The summed E-state index contributed by atoms with van der Waals surface area (Å²) in [5, 5.41) is 0. The van der Waals surface area contributed by atoms with Gasteiger partial charge in [0.05, 0.1) is 10.5 Å². The predicted octanol–water partition coefficient (Wildman–Crippen LogP) is 0.429. The Bertz CT molecular complexity index is 621. The largest absolute Gasteiger partial charge is 0.449 e. The molecule has 2 N–H and O–H groups in total. The van der Waals surface area contributed by atoms with E-state index in [1.807, 2.05) is 0 Å². The van der Waals surface area contributed by atoms with Gasteiger partial charge in [-0.1, -0.05) is 6.07 Å². The maximum absolute atomic E-state index is 11.8. The number of rotatable bonds is 4. The maximum Gasteiger partial charge on any atom is 0.339 e. The summed E-state index contributed by atoms with van der Waals surface area (Å²) in [6.07, 6.45) is -0.0347. The summed E-state index contributed by atoms with van der Waals surface area (Å²) in [6, 6.07) is 4.13. The number of carbonyl (C=O) groups is 2. The van der Waals surface area contributed by atoms with Crippen molar-refractivity contribution in [2.75, 3.05) is 6.26 Å². The second kappa shape index (κ2) is 5.40. The number of amides is 1. The fourth-order valence-electron chi connectivity index (χ4n) is 1.33. The van der Waals surface area contributed by atoms with Gasteiger partial charge in [0, 0.05) is 6.26 Å². The Morgan fingerprint density at radius 2 is 1.89 bits per heavy atom. The van der Waals surface area contributed by atoms with Crippen LogP contribution in [0.4, 0.5) is 0 Å². The first-order valence-electron chi connectivity index (χ1n) is 5.44. The van der Waals surface area contributed by atoms with E-state index in [1.54, 1.807) is 6.92 Å². The summed E-state index contributed by atoms with van der Waals surface area (Å²) in [5.41, 5.74) is 5.63. The average Bonchev–Trinajstić information content (AvgIpc) is 2.27. The third kappa shape index (κ3) is 3.78. The van der Waals surface area contributed by atoms with Crippen molar-refractivity contribution in [1.82, 2.24) is 0 Å². The number of nitrogens with two attached hydrogens (primary N) is 1. The zero-order chi connectivity index (χ0) is 14.8. The lowest BCUT2D eigenvalue weighted by molar-refractivity contribution is -0.125. The quantitative estimate of drug-likeness (QED) is 0.808. The lowest BCUT2D eigenvalue weighted by atomic mass is 10.1. The highest BCUT2D eigenvalue weighted by molar-refractivity contribution is 7.90. The van der Waals surface area contributed by atoms with Gasteiger partial charge in [0.25, 0.3) is 5.91 Å². The Labute approximate surface area is 111 Å². The first-order valence-corrected chi connectivity index (χ1v) is 7.33. The topological polar surface area (TPSA) is 104 Å².